The van der Waals surface area contributed by atoms with Crippen LogP contribution in [0, 0.1) is 5.92 Å². The summed E-state index contributed by atoms with van der Waals surface area (Å²) in [4.78, 5) is 14.8. The Morgan fingerprint density at radius 3 is 2.65 bits per heavy atom. The Morgan fingerprint density at radius 1 is 1.17 bits per heavy atom. The molecule has 1 aliphatic heterocycles. The highest BCUT2D eigenvalue weighted by Crippen LogP contribution is 2.29. The molecule has 0 bridgehead atoms. The van der Waals surface area contributed by atoms with Gasteiger partial charge in [0.1, 0.15) is 0 Å². The van der Waals surface area contributed by atoms with Gasteiger partial charge in [0.25, 0.3) is 0 Å². The lowest BCUT2D eigenvalue weighted by molar-refractivity contribution is -0.136. The molecule has 1 aliphatic rings. The highest BCUT2D eigenvalue weighted by Gasteiger charge is 2.29. The van der Waals surface area contributed by atoms with E-state index in [1.165, 1.54) is 11.1 Å². The standard InChI is InChI=1S/C19H21BrN2O/c1-13(18(21)15-6-3-2-4-7-15)19(23)22-11-10-14-8-5-9-17(20)16(14)12-22/h2-9,13,18H,10-12,21H2,1H3. The van der Waals surface area contributed by atoms with Gasteiger partial charge in [0, 0.05) is 23.6 Å². The fraction of sp³-hybridized carbons (Fsp3) is 0.316. The van der Waals surface area contributed by atoms with E-state index in [9.17, 15) is 4.79 Å². The van der Waals surface area contributed by atoms with Gasteiger partial charge in [-0.1, -0.05) is 65.3 Å². The fourth-order valence-corrected chi connectivity index (χ4v) is 3.67. The van der Waals surface area contributed by atoms with Gasteiger partial charge >= 0.3 is 0 Å². The summed E-state index contributed by atoms with van der Waals surface area (Å²) < 4.78 is 1.08. The fourth-order valence-electron chi connectivity index (χ4n) is 3.13. The molecule has 0 radical (unpaired) electrons. The van der Waals surface area contributed by atoms with Gasteiger partial charge in [-0.2, -0.15) is 0 Å². The van der Waals surface area contributed by atoms with Crippen molar-refractivity contribution in [3.8, 4) is 0 Å². The second-order valence-corrected chi connectivity index (χ2v) is 6.97. The van der Waals surface area contributed by atoms with Crippen LogP contribution < -0.4 is 5.73 Å². The molecule has 2 unspecified atom stereocenters. The molecule has 4 heteroatoms. The van der Waals surface area contributed by atoms with Crippen LogP contribution in [0.1, 0.15) is 29.7 Å². The molecule has 120 valence electrons. The molecule has 0 aromatic heterocycles. The number of hydrogen-bond donors (Lipinski definition) is 1. The molecule has 3 rings (SSSR count). The minimum atomic E-state index is -0.274. The minimum Gasteiger partial charge on any atom is -0.338 e. The average molecular weight is 373 g/mol. The predicted molar refractivity (Wildman–Crippen MR) is 95.8 cm³/mol. The van der Waals surface area contributed by atoms with E-state index in [4.69, 9.17) is 5.73 Å². The molecule has 0 saturated carbocycles. The second kappa shape index (κ2) is 6.85. The average Bonchev–Trinajstić information content (AvgIpc) is 2.60. The first-order chi connectivity index (χ1) is 11.1. The van der Waals surface area contributed by atoms with Crippen LogP contribution in [0.3, 0.4) is 0 Å². The summed E-state index contributed by atoms with van der Waals surface area (Å²) in [5, 5.41) is 0. The van der Waals surface area contributed by atoms with Crippen LogP contribution in [-0.4, -0.2) is 17.4 Å². The van der Waals surface area contributed by atoms with Crippen molar-refractivity contribution in [2.45, 2.75) is 25.9 Å². The van der Waals surface area contributed by atoms with E-state index in [1.807, 2.05) is 54.3 Å². The molecule has 0 aliphatic carbocycles. The summed E-state index contributed by atoms with van der Waals surface area (Å²) in [6.45, 7) is 3.34. The smallest absolute Gasteiger partial charge is 0.227 e. The predicted octanol–water partition coefficient (Wildman–Crippen LogP) is 3.67. The van der Waals surface area contributed by atoms with Gasteiger partial charge < -0.3 is 10.6 Å². The van der Waals surface area contributed by atoms with E-state index in [1.54, 1.807) is 0 Å². The van der Waals surface area contributed by atoms with Gasteiger partial charge in [-0.25, -0.2) is 0 Å². The van der Waals surface area contributed by atoms with E-state index in [0.717, 1.165) is 23.0 Å². The van der Waals surface area contributed by atoms with Gasteiger partial charge in [0.05, 0.1) is 5.92 Å². The minimum absolute atomic E-state index is 0.128. The van der Waals surface area contributed by atoms with Crippen molar-refractivity contribution in [1.29, 1.82) is 0 Å². The molecule has 1 amide bonds. The molecule has 3 nitrogen and oxygen atoms in total. The third-order valence-corrected chi connectivity index (χ3v) is 5.38. The summed E-state index contributed by atoms with van der Waals surface area (Å²) in [6, 6.07) is 15.8. The summed E-state index contributed by atoms with van der Waals surface area (Å²) in [5.74, 6) is -0.107. The number of carbonyl (C=O) groups excluding carboxylic acids is 1. The van der Waals surface area contributed by atoms with E-state index in [2.05, 4.69) is 22.0 Å². The lowest BCUT2D eigenvalue weighted by Gasteiger charge is -2.33. The van der Waals surface area contributed by atoms with Crippen molar-refractivity contribution in [1.82, 2.24) is 4.90 Å². The van der Waals surface area contributed by atoms with E-state index >= 15 is 0 Å². The third-order valence-electron chi connectivity index (χ3n) is 4.64. The van der Waals surface area contributed by atoms with Crippen molar-refractivity contribution in [3.63, 3.8) is 0 Å². The third kappa shape index (κ3) is 3.33. The summed E-state index contributed by atoms with van der Waals surface area (Å²) in [5.41, 5.74) is 9.86. The molecule has 2 aromatic rings. The lowest BCUT2D eigenvalue weighted by Crippen LogP contribution is -2.42. The molecule has 0 saturated heterocycles. The van der Waals surface area contributed by atoms with Gasteiger partial charge in [-0.15, -0.1) is 0 Å². The maximum atomic E-state index is 12.9. The van der Waals surface area contributed by atoms with Crippen LogP contribution in [0.25, 0.3) is 0 Å². The number of nitrogens with zero attached hydrogens (tertiary/aromatic N) is 1. The van der Waals surface area contributed by atoms with Crippen LogP contribution in [-0.2, 0) is 17.8 Å². The molecule has 2 atom stereocenters. The molecule has 0 spiro atoms. The van der Waals surface area contributed by atoms with Crippen molar-refractivity contribution in [2.24, 2.45) is 11.7 Å². The topological polar surface area (TPSA) is 46.3 Å². The zero-order valence-corrected chi connectivity index (χ0v) is 14.8. The Hall–Kier alpha value is -1.65. The number of amides is 1. The zero-order valence-electron chi connectivity index (χ0n) is 13.2. The Bertz CT molecular complexity index is 702. The summed E-state index contributed by atoms with van der Waals surface area (Å²) in [6.07, 6.45) is 0.897. The summed E-state index contributed by atoms with van der Waals surface area (Å²) >= 11 is 3.60. The van der Waals surface area contributed by atoms with E-state index in [-0.39, 0.29) is 17.9 Å². The van der Waals surface area contributed by atoms with Crippen LogP contribution in [0.2, 0.25) is 0 Å². The first kappa shape index (κ1) is 16.2. The molecule has 1 heterocycles. The number of halogens is 1. The molecular formula is C19H21BrN2O. The monoisotopic (exact) mass is 372 g/mol. The molecule has 2 aromatic carbocycles. The number of benzene rings is 2. The largest absolute Gasteiger partial charge is 0.338 e. The number of hydrogen-bond acceptors (Lipinski definition) is 2. The number of carbonyl (C=O) groups is 1. The zero-order chi connectivity index (χ0) is 16.4. The van der Waals surface area contributed by atoms with E-state index in [0.29, 0.717) is 6.54 Å². The van der Waals surface area contributed by atoms with Crippen LogP contribution in [0.4, 0.5) is 0 Å². The van der Waals surface area contributed by atoms with Crippen LogP contribution >= 0.6 is 15.9 Å². The van der Waals surface area contributed by atoms with Gasteiger partial charge in [-0.05, 0) is 29.2 Å². The number of fused-ring (bicyclic) bond motifs is 1. The van der Waals surface area contributed by atoms with Crippen LogP contribution in [0.5, 0.6) is 0 Å². The normalized spacial score (nSPS) is 16.6. The quantitative estimate of drug-likeness (QED) is 0.893. The Balaban J connectivity index is 1.75. The highest BCUT2D eigenvalue weighted by atomic mass is 79.9. The van der Waals surface area contributed by atoms with Crippen molar-refractivity contribution in [3.05, 3.63) is 69.7 Å². The summed E-state index contributed by atoms with van der Waals surface area (Å²) in [7, 11) is 0. The number of rotatable bonds is 3. The second-order valence-electron chi connectivity index (χ2n) is 6.11. The molecule has 0 fully saturated rings. The maximum Gasteiger partial charge on any atom is 0.227 e. The Morgan fingerprint density at radius 2 is 1.91 bits per heavy atom. The van der Waals surface area contributed by atoms with Crippen molar-refractivity contribution in [2.75, 3.05) is 6.54 Å². The van der Waals surface area contributed by atoms with Crippen molar-refractivity contribution < 1.29 is 4.79 Å². The number of nitrogens with two attached hydrogens (primary N) is 1. The van der Waals surface area contributed by atoms with Gasteiger partial charge in [-0.3, -0.25) is 4.79 Å². The van der Waals surface area contributed by atoms with Gasteiger partial charge in [0.15, 0.2) is 0 Å². The lowest BCUT2D eigenvalue weighted by atomic mass is 9.92. The van der Waals surface area contributed by atoms with Crippen molar-refractivity contribution >= 4 is 21.8 Å². The first-order valence-corrected chi connectivity index (χ1v) is 8.73. The maximum absolute atomic E-state index is 12.9. The first-order valence-electron chi connectivity index (χ1n) is 7.93. The molecule has 2 N–H and O–H groups in total. The Kier molecular flexibility index (Phi) is 4.83. The van der Waals surface area contributed by atoms with E-state index < -0.39 is 0 Å². The van der Waals surface area contributed by atoms with Crippen LogP contribution in [0.15, 0.2) is 53.0 Å². The molecular weight excluding hydrogens is 352 g/mol. The highest BCUT2D eigenvalue weighted by molar-refractivity contribution is 9.10. The van der Waals surface area contributed by atoms with Gasteiger partial charge in [0.2, 0.25) is 5.91 Å². The SMILES string of the molecule is CC(C(=O)N1CCc2cccc(Br)c2C1)C(N)c1ccccc1. The molecule has 23 heavy (non-hydrogen) atoms. The Labute approximate surface area is 145 Å².